The second-order valence-corrected chi connectivity index (χ2v) is 12.8. The third kappa shape index (κ3) is 6.18. The highest BCUT2D eigenvalue weighted by Gasteiger charge is 2.44. The highest BCUT2D eigenvalue weighted by Crippen LogP contribution is 2.44. The van der Waals surface area contributed by atoms with E-state index in [2.05, 4.69) is 10.6 Å². The number of nitrogens with zero attached hydrogens (tertiary/aromatic N) is 4. The van der Waals surface area contributed by atoms with E-state index in [0.717, 1.165) is 39.0 Å². The smallest absolute Gasteiger partial charge is 0.412 e. The zero-order valence-electron chi connectivity index (χ0n) is 26.1. The summed E-state index contributed by atoms with van der Waals surface area (Å²) in [4.78, 5) is 19.7. The van der Waals surface area contributed by atoms with Crippen molar-refractivity contribution in [2.24, 2.45) is 0 Å². The number of hydrogen-bond acceptors (Lipinski definition) is 6. The Balaban J connectivity index is 1.74. The monoisotopic (exact) mass is 614 g/mol. The second kappa shape index (κ2) is 12.6. The normalized spacial score (nSPS) is 16.7. The van der Waals surface area contributed by atoms with Crippen LogP contribution in [0.2, 0.25) is 5.02 Å². The highest BCUT2D eigenvalue weighted by atomic mass is 35.5. The zero-order valence-corrected chi connectivity index (χ0v) is 26.9. The van der Waals surface area contributed by atoms with Crippen LogP contribution in [-0.4, -0.2) is 50.1 Å². The van der Waals surface area contributed by atoms with E-state index in [1.54, 1.807) is 0 Å². The Hall–Kier alpha value is -3.90. The van der Waals surface area contributed by atoms with Crippen LogP contribution in [0.5, 0.6) is 0 Å². The van der Waals surface area contributed by atoms with Gasteiger partial charge in [-0.2, -0.15) is 5.26 Å². The lowest BCUT2D eigenvalue weighted by molar-refractivity contribution is -0.152. The SMILES string of the molecule is Cc1nc2c(c(C)c(C)n2CCC#N)c(-c2ccc(Cl)cc2)c1[C@H](OC(C)(C)C)C(O)N1C(=O)OC[C@H]1Cc1ccccc1. The summed E-state index contributed by atoms with van der Waals surface area (Å²) >= 11 is 6.32. The van der Waals surface area contributed by atoms with Crippen LogP contribution in [0, 0.1) is 32.1 Å². The summed E-state index contributed by atoms with van der Waals surface area (Å²) in [6.45, 7) is 12.4. The molecule has 2 aromatic carbocycles. The molecule has 230 valence electrons. The molecule has 1 aliphatic heterocycles. The van der Waals surface area contributed by atoms with Gasteiger partial charge in [0.25, 0.3) is 0 Å². The van der Waals surface area contributed by atoms with Crippen LogP contribution in [0.4, 0.5) is 4.79 Å². The van der Waals surface area contributed by atoms with Gasteiger partial charge in [0, 0.05) is 39.5 Å². The van der Waals surface area contributed by atoms with Crippen molar-refractivity contribution in [2.45, 2.75) is 84.9 Å². The number of carbonyl (C=O) groups is 1. The third-order valence-corrected chi connectivity index (χ3v) is 8.46. The lowest BCUT2D eigenvalue weighted by atomic mass is 9.90. The van der Waals surface area contributed by atoms with E-state index in [0.29, 0.717) is 35.7 Å². The number of rotatable bonds is 9. The Morgan fingerprint density at radius 2 is 1.82 bits per heavy atom. The van der Waals surface area contributed by atoms with E-state index in [1.165, 1.54) is 4.90 Å². The topological polar surface area (TPSA) is 101 Å². The van der Waals surface area contributed by atoms with Gasteiger partial charge < -0.3 is 19.1 Å². The van der Waals surface area contributed by atoms with Gasteiger partial charge >= 0.3 is 6.09 Å². The maximum Gasteiger partial charge on any atom is 0.412 e. The van der Waals surface area contributed by atoms with Gasteiger partial charge in [-0.25, -0.2) is 9.78 Å². The molecule has 5 rings (SSSR count). The van der Waals surface area contributed by atoms with Crippen LogP contribution in [-0.2, 0) is 22.4 Å². The third-order valence-electron chi connectivity index (χ3n) is 8.20. The van der Waals surface area contributed by atoms with Gasteiger partial charge in [0.2, 0.25) is 0 Å². The summed E-state index contributed by atoms with van der Waals surface area (Å²) in [5.41, 5.74) is 6.19. The summed E-state index contributed by atoms with van der Waals surface area (Å²) in [7, 11) is 0. The van der Waals surface area contributed by atoms with Crippen LogP contribution in [0.1, 0.15) is 61.4 Å². The van der Waals surface area contributed by atoms with E-state index in [-0.39, 0.29) is 6.61 Å². The molecule has 2 aromatic heterocycles. The molecule has 0 bridgehead atoms. The first-order valence-corrected chi connectivity index (χ1v) is 15.3. The number of halogens is 1. The minimum atomic E-state index is -1.37. The van der Waals surface area contributed by atoms with Crippen molar-refractivity contribution in [2.75, 3.05) is 6.61 Å². The predicted molar refractivity (Wildman–Crippen MR) is 171 cm³/mol. The molecule has 1 fully saturated rings. The number of pyridine rings is 1. The molecule has 1 unspecified atom stereocenters. The number of aryl methyl sites for hydroxylation is 3. The Morgan fingerprint density at radius 1 is 1.14 bits per heavy atom. The van der Waals surface area contributed by atoms with Crippen LogP contribution in [0.25, 0.3) is 22.2 Å². The fourth-order valence-corrected chi connectivity index (χ4v) is 6.26. The summed E-state index contributed by atoms with van der Waals surface area (Å²) < 4.78 is 14.3. The predicted octanol–water partition coefficient (Wildman–Crippen LogP) is 7.43. The molecule has 1 saturated heterocycles. The molecule has 0 aliphatic carbocycles. The minimum Gasteiger partial charge on any atom is -0.447 e. The fraction of sp³-hybridized carbons (Fsp3) is 0.400. The van der Waals surface area contributed by atoms with E-state index < -0.39 is 30.1 Å². The van der Waals surface area contributed by atoms with Gasteiger partial charge in [-0.3, -0.25) is 4.90 Å². The standard InChI is InChI=1S/C35H39ClN4O4/c1-21-23(3)39(18-10-17-37)32-28(21)30(25-13-15-26(36)16-14-25)29(22(2)38-32)31(44-35(4,5)6)33(41)40-27(20-43-34(40)42)19-24-11-8-7-9-12-24/h7-9,11-16,27,31,33,41H,10,18-20H2,1-6H3/t27-,31+,33?/m1/s1. The Bertz CT molecular complexity index is 1700. The molecule has 3 heterocycles. The molecule has 8 nitrogen and oxygen atoms in total. The van der Waals surface area contributed by atoms with Crippen molar-refractivity contribution in [1.29, 1.82) is 5.26 Å². The van der Waals surface area contributed by atoms with Gasteiger partial charge in [-0.1, -0.05) is 54.1 Å². The lowest BCUT2D eigenvalue weighted by Gasteiger charge is -2.37. The number of hydrogen-bond donors (Lipinski definition) is 1. The number of carbonyl (C=O) groups excluding carboxylic acids is 1. The van der Waals surface area contributed by atoms with Crippen LogP contribution >= 0.6 is 11.6 Å². The molecule has 1 aliphatic rings. The van der Waals surface area contributed by atoms with Crippen LogP contribution < -0.4 is 0 Å². The average molecular weight is 615 g/mol. The average Bonchev–Trinajstić information content (AvgIpc) is 3.45. The first-order valence-electron chi connectivity index (χ1n) is 14.9. The molecule has 4 aromatic rings. The van der Waals surface area contributed by atoms with Gasteiger partial charge in [0.15, 0.2) is 6.23 Å². The van der Waals surface area contributed by atoms with Gasteiger partial charge in [-0.15, -0.1) is 0 Å². The van der Waals surface area contributed by atoms with Crippen molar-refractivity contribution in [3.05, 3.63) is 87.7 Å². The molecular weight excluding hydrogens is 576 g/mol. The zero-order chi connectivity index (χ0) is 31.8. The van der Waals surface area contributed by atoms with Crippen LogP contribution in [0.3, 0.4) is 0 Å². The Kier molecular flexibility index (Phi) is 9.03. The second-order valence-electron chi connectivity index (χ2n) is 12.4. The van der Waals surface area contributed by atoms with Crippen LogP contribution in [0.15, 0.2) is 54.6 Å². The number of ether oxygens (including phenoxy) is 2. The molecule has 44 heavy (non-hydrogen) atoms. The van der Waals surface area contributed by atoms with Gasteiger partial charge in [0.05, 0.1) is 24.1 Å². The largest absolute Gasteiger partial charge is 0.447 e. The number of fused-ring (bicyclic) bond motifs is 1. The first kappa shape index (κ1) is 31.5. The van der Waals surface area contributed by atoms with Gasteiger partial charge in [-0.05, 0) is 76.8 Å². The lowest BCUT2D eigenvalue weighted by Crippen LogP contribution is -2.48. The Morgan fingerprint density at radius 3 is 2.45 bits per heavy atom. The maximum absolute atomic E-state index is 13.2. The van der Waals surface area contributed by atoms with Crippen molar-refractivity contribution in [3.63, 3.8) is 0 Å². The molecule has 0 radical (unpaired) electrons. The van der Waals surface area contributed by atoms with E-state index in [4.69, 9.17) is 26.1 Å². The van der Waals surface area contributed by atoms with Crippen molar-refractivity contribution < 1.29 is 19.4 Å². The number of aromatic nitrogens is 2. The number of aliphatic hydroxyl groups excluding tert-OH is 1. The fourth-order valence-electron chi connectivity index (χ4n) is 6.13. The number of cyclic esters (lactones) is 1. The summed E-state index contributed by atoms with van der Waals surface area (Å²) in [5.74, 6) is 0. The minimum absolute atomic E-state index is 0.160. The van der Waals surface area contributed by atoms with E-state index >= 15 is 0 Å². The molecule has 3 atom stereocenters. The molecule has 0 saturated carbocycles. The molecular formula is C35H39ClN4O4. The number of nitriles is 1. The highest BCUT2D eigenvalue weighted by molar-refractivity contribution is 6.30. The molecule has 0 spiro atoms. The number of aliphatic hydroxyl groups is 1. The van der Waals surface area contributed by atoms with E-state index in [9.17, 15) is 15.2 Å². The summed E-state index contributed by atoms with van der Waals surface area (Å²) in [5, 5.41) is 23.1. The molecule has 1 amide bonds. The van der Waals surface area contributed by atoms with Crippen molar-refractivity contribution in [1.82, 2.24) is 14.5 Å². The van der Waals surface area contributed by atoms with Crippen molar-refractivity contribution in [3.8, 4) is 17.2 Å². The summed E-state index contributed by atoms with van der Waals surface area (Å²) in [6.07, 6.45) is -2.06. The number of benzene rings is 2. The quantitative estimate of drug-likeness (QED) is 0.210. The molecule has 1 N–H and O–H groups in total. The summed E-state index contributed by atoms with van der Waals surface area (Å²) in [6, 6.07) is 19.3. The van der Waals surface area contributed by atoms with Crippen molar-refractivity contribution >= 4 is 28.7 Å². The molecule has 9 heteroatoms. The number of amides is 1. The van der Waals surface area contributed by atoms with Gasteiger partial charge in [0.1, 0.15) is 18.4 Å². The Labute approximate surface area is 263 Å². The van der Waals surface area contributed by atoms with E-state index in [1.807, 2.05) is 96.1 Å². The maximum atomic E-state index is 13.2. The first-order chi connectivity index (χ1) is 20.9.